The minimum Gasteiger partial charge on any atom is -0.392 e. The maximum atomic E-state index is 10.2. The molecular formula is C16H24BrNO. The van der Waals surface area contributed by atoms with E-state index in [1.54, 1.807) is 0 Å². The third kappa shape index (κ3) is 3.59. The van der Waals surface area contributed by atoms with Crippen LogP contribution in [0.2, 0.25) is 0 Å². The van der Waals surface area contributed by atoms with Gasteiger partial charge in [0.25, 0.3) is 0 Å². The van der Waals surface area contributed by atoms with Gasteiger partial charge < -0.3 is 10.4 Å². The van der Waals surface area contributed by atoms with Crippen LogP contribution in [0, 0.1) is 5.92 Å². The van der Waals surface area contributed by atoms with Crippen LogP contribution in [-0.2, 0) is 6.42 Å². The zero-order valence-corrected chi connectivity index (χ0v) is 13.4. The summed E-state index contributed by atoms with van der Waals surface area (Å²) in [5, 5.41) is 13.7. The van der Waals surface area contributed by atoms with Crippen LogP contribution in [0.1, 0.15) is 50.3 Å². The quantitative estimate of drug-likeness (QED) is 0.833. The first kappa shape index (κ1) is 15.0. The Morgan fingerprint density at radius 2 is 2.11 bits per heavy atom. The molecule has 2 rings (SSSR count). The highest BCUT2D eigenvalue weighted by atomic mass is 79.9. The Hall–Kier alpha value is -0.380. The summed E-state index contributed by atoms with van der Waals surface area (Å²) in [7, 11) is 0. The van der Waals surface area contributed by atoms with E-state index >= 15 is 0 Å². The molecule has 0 radical (unpaired) electrons. The average Bonchev–Trinajstić information content (AvgIpc) is 2.80. The van der Waals surface area contributed by atoms with Crippen LogP contribution < -0.4 is 5.32 Å². The first-order valence-electron chi connectivity index (χ1n) is 7.35. The fourth-order valence-electron chi connectivity index (χ4n) is 3.06. The monoisotopic (exact) mass is 325 g/mol. The van der Waals surface area contributed by atoms with E-state index in [4.69, 9.17) is 0 Å². The predicted molar refractivity (Wildman–Crippen MR) is 83.3 cm³/mol. The third-order valence-electron chi connectivity index (χ3n) is 4.35. The van der Waals surface area contributed by atoms with Gasteiger partial charge in [-0.15, -0.1) is 0 Å². The number of halogens is 1. The second kappa shape index (κ2) is 6.87. The molecule has 2 unspecified atom stereocenters. The second-order valence-corrected chi connectivity index (χ2v) is 6.40. The smallest absolute Gasteiger partial charge is 0.0692 e. The lowest BCUT2D eigenvalue weighted by Crippen LogP contribution is -2.34. The van der Waals surface area contributed by atoms with E-state index < -0.39 is 0 Å². The van der Waals surface area contributed by atoms with E-state index in [2.05, 4.69) is 53.3 Å². The molecule has 1 aromatic rings. The van der Waals surface area contributed by atoms with Crippen molar-refractivity contribution in [1.29, 1.82) is 0 Å². The maximum Gasteiger partial charge on any atom is 0.0692 e. The van der Waals surface area contributed by atoms with Crippen molar-refractivity contribution >= 4 is 15.9 Å². The van der Waals surface area contributed by atoms with Gasteiger partial charge in [0.1, 0.15) is 0 Å². The summed E-state index contributed by atoms with van der Waals surface area (Å²) in [4.78, 5) is 0. The Kier molecular flexibility index (Phi) is 5.43. The fraction of sp³-hybridized carbons (Fsp3) is 0.625. The van der Waals surface area contributed by atoms with Crippen molar-refractivity contribution in [3.8, 4) is 0 Å². The Morgan fingerprint density at radius 1 is 1.37 bits per heavy atom. The number of aliphatic hydroxyl groups excluding tert-OH is 1. The van der Waals surface area contributed by atoms with E-state index in [0.29, 0.717) is 18.5 Å². The van der Waals surface area contributed by atoms with Crippen LogP contribution in [-0.4, -0.2) is 17.8 Å². The molecule has 2 nitrogen and oxygen atoms in total. The molecule has 19 heavy (non-hydrogen) atoms. The van der Waals surface area contributed by atoms with Crippen LogP contribution in [0.5, 0.6) is 0 Å². The molecule has 1 aliphatic carbocycles. The number of rotatable bonds is 6. The Bertz CT molecular complexity index is 417. The first-order chi connectivity index (χ1) is 9.15. The van der Waals surface area contributed by atoms with E-state index in [1.165, 1.54) is 11.1 Å². The zero-order chi connectivity index (χ0) is 13.8. The van der Waals surface area contributed by atoms with Crippen LogP contribution in [0.4, 0.5) is 0 Å². The molecule has 0 fully saturated rings. The van der Waals surface area contributed by atoms with Crippen LogP contribution >= 0.6 is 15.9 Å². The van der Waals surface area contributed by atoms with Crippen molar-refractivity contribution < 1.29 is 5.11 Å². The van der Waals surface area contributed by atoms with Crippen LogP contribution in [0.25, 0.3) is 0 Å². The largest absolute Gasteiger partial charge is 0.392 e. The molecule has 0 aromatic heterocycles. The lowest BCUT2D eigenvalue weighted by molar-refractivity contribution is 0.0983. The van der Waals surface area contributed by atoms with Gasteiger partial charge in [0.2, 0.25) is 0 Å². The van der Waals surface area contributed by atoms with E-state index in [1.807, 2.05) is 0 Å². The SMILES string of the molecule is CCC(CC)C(O)CNC1CCc2cc(Br)ccc21. The van der Waals surface area contributed by atoms with Crippen molar-refractivity contribution in [2.24, 2.45) is 5.92 Å². The molecule has 106 valence electrons. The summed E-state index contributed by atoms with van der Waals surface area (Å²) in [5.74, 6) is 0.415. The number of aliphatic hydroxyl groups is 1. The molecule has 0 saturated heterocycles. The molecule has 0 aliphatic heterocycles. The number of hydrogen-bond donors (Lipinski definition) is 2. The highest BCUT2D eigenvalue weighted by Gasteiger charge is 2.24. The topological polar surface area (TPSA) is 32.3 Å². The predicted octanol–water partition coefficient (Wildman–Crippen LogP) is 3.82. The van der Waals surface area contributed by atoms with E-state index in [-0.39, 0.29) is 6.10 Å². The standard InChI is InChI=1S/C16H24BrNO/c1-3-11(4-2)16(19)10-18-15-8-5-12-9-13(17)6-7-14(12)15/h6-7,9,11,15-16,18-19H,3-5,8,10H2,1-2H3. The van der Waals surface area contributed by atoms with Crippen LogP contribution in [0.15, 0.2) is 22.7 Å². The van der Waals surface area contributed by atoms with Gasteiger partial charge >= 0.3 is 0 Å². The summed E-state index contributed by atoms with van der Waals surface area (Å²) in [5.41, 5.74) is 2.84. The Labute approximate surface area is 124 Å². The number of aryl methyl sites for hydroxylation is 1. The molecule has 1 aromatic carbocycles. The van der Waals surface area contributed by atoms with Gasteiger partial charge in [-0.05, 0) is 42.0 Å². The average molecular weight is 326 g/mol. The second-order valence-electron chi connectivity index (χ2n) is 5.49. The lowest BCUT2D eigenvalue weighted by atomic mass is 9.96. The molecule has 0 bridgehead atoms. The van der Waals surface area contributed by atoms with Gasteiger partial charge in [-0.1, -0.05) is 48.7 Å². The van der Waals surface area contributed by atoms with Crippen molar-refractivity contribution in [1.82, 2.24) is 5.32 Å². The fourth-order valence-corrected chi connectivity index (χ4v) is 3.47. The maximum absolute atomic E-state index is 10.2. The molecule has 2 N–H and O–H groups in total. The molecule has 3 heteroatoms. The first-order valence-corrected chi connectivity index (χ1v) is 8.14. The van der Waals surface area contributed by atoms with Gasteiger partial charge in [-0.25, -0.2) is 0 Å². The van der Waals surface area contributed by atoms with Gasteiger partial charge in [0.05, 0.1) is 6.10 Å². The zero-order valence-electron chi connectivity index (χ0n) is 11.8. The van der Waals surface area contributed by atoms with Crippen molar-refractivity contribution in [2.45, 2.75) is 51.7 Å². The highest BCUT2D eigenvalue weighted by molar-refractivity contribution is 9.10. The minimum atomic E-state index is -0.227. The molecule has 2 atom stereocenters. The van der Waals surface area contributed by atoms with Gasteiger partial charge in [0.15, 0.2) is 0 Å². The summed E-state index contributed by atoms with van der Waals surface area (Å²) in [6, 6.07) is 6.94. The lowest BCUT2D eigenvalue weighted by Gasteiger charge is -2.23. The van der Waals surface area contributed by atoms with Crippen molar-refractivity contribution in [2.75, 3.05) is 6.54 Å². The summed E-state index contributed by atoms with van der Waals surface area (Å²) >= 11 is 3.52. The number of fused-ring (bicyclic) bond motifs is 1. The Morgan fingerprint density at radius 3 is 2.79 bits per heavy atom. The molecule has 1 aliphatic rings. The van der Waals surface area contributed by atoms with Gasteiger partial charge in [-0.2, -0.15) is 0 Å². The summed E-state index contributed by atoms with van der Waals surface area (Å²) in [6.45, 7) is 5.01. The third-order valence-corrected chi connectivity index (χ3v) is 4.84. The molecule has 0 amide bonds. The number of hydrogen-bond acceptors (Lipinski definition) is 2. The minimum absolute atomic E-state index is 0.227. The highest BCUT2D eigenvalue weighted by Crippen LogP contribution is 2.33. The van der Waals surface area contributed by atoms with Crippen LogP contribution in [0.3, 0.4) is 0 Å². The van der Waals surface area contributed by atoms with Gasteiger partial charge in [-0.3, -0.25) is 0 Å². The van der Waals surface area contributed by atoms with Crippen molar-refractivity contribution in [3.63, 3.8) is 0 Å². The molecule has 0 spiro atoms. The summed E-state index contributed by atoms with van der Waals surface area (Å²) in [6.07, 6.45) is 4.14. The summed E-state index contributed by atoms with van der Waals surface area (Å²) < 4.78 is 1.16. The number of benzene rings is 1. The number of nitrogens with one attached hydrogen (secondary N) is 1. The van der Waals surface area contributed by atoms with Crippen molar-refractivity contribution in [3.05, 3.63) is 33.8 Å². The molecular weight excluding hydrogens is 302 g/mol. The molecule has 0 heterocycles. The van der Waals surface area contributed by atoms with E-state index in [0.717, 1.165) is 30.2 Å². The normalized spacial score (nSPS) is 19.7. The van der Waals surface area contributed by atoms with E-state index in [9.17, 15) is 5.11 Å². The van der Waals surface area contributed by atoms with Gasteiger partial charge in [0, 0.05) is 17.1 Å². The molecule has 0 saturated carbocycles. The Balaban J connectivity index is 1.92.